The van der Waals surface area contributed by atoms with Crippen molar-refractivity contribution in [2.45, 2.75) is 38.4 Å². The van der Waals surface area contributed by atoms with Crippen molar-refractivity contribution >= 4 is 0 Å². The second kappa shape index (κ2) is 5.86. The lowest BCUT2D eigenvalue weighted by Crippen LogP contribution is -2.32. The van der Waals surface area contributed by atoms with Gasteiger partial charge in [0, 0.05) is 17.2 Å². The summed E-state index contributed by atoms with van der Waals surface area (Å²) < 4.78 is 18.4. The molecule has 3 aromatic rings. The van der Waals surface area contributed by atoms with Crippen LogP contribution in [0.1, 0.15) is 48.6 Å². The molecule has 3 nitrogen and oxygen atoms in total. The number of hydrogen-bond acceptors (Lipinski definition) is 3. The van der Waals surface area contributed by atoms with Crippen molar-refractivity contribution in [1.82, 2.24) is 0 Å². The smallest absolute Gasteiger partial charge is 0.151 e. The Morgan fingerprint density at radius 1 is 0.857 bits per heavy atom. The molecule has 2 aliphatic rings. The van der Waals surface area contributed by atoms with Gasteiger partial charge in [0.1, 0.15) is 17.2 Å². The lowest BCUT2D eigenvalue weighted by atomic mass is 9.76. The molecule has 0 fully saturated rings. The summed E-state index contributed by atoms with van der Waals surface area (Å²) in [6.45, 7) is 7.23. The van der Waals surface area contributed by atoms with Crippen molar-refractivity contribution in [3.8, 4) is 17.2 Å². The Bertz CT molecular complexity index is 1080. The number of hydrogen-bond donors (Lipinski definition) is 0. The van der Waals surface area contributed by atoms with Gasteiger partial charge in [-0.2, -0.15) is 0 Å². The van der Waals surface area contributed by atoms with Gasteiger partial charge in [-0.1, -0.05) is 57.2 Å². The minimum atomic E-state index is -0.651. The molecule has 28 heavy (non-hydrogen) atoms. The summed E-state index contributed by atoms with van der Waals surface area (Å²) in [4.78, 5) is 0. The average Bonchev–Trinajstić information content (AvgIpc) is 3.07. The Labute approximate surface area is 165 Å². The van der Waals surface area contributed by atoms with Crippen molar-refractivity contribution < 1.29 is 14.2 Å². The van der Waals surface area contributed by atoms with Crippen LogP contribution in [-0.2, 0) is 22.4 Å². The fourth-order valence-electron chi connectivity index (χ4n) is 4.33. The van der Waals surface area contributed by atoms with E-state index in [0.717, 1.165) is 28.4 Å². The van der Waals surface area contributed by atoms with Crippen LogP contribution in [-0.4, -0.2) is 7.11 Å². The highest BCUT2D eigenvalue weighted by Gasteiger charge is 2.49. The van der Waals surface area contributed by atoms with Crippen LogP contribution in [0.4, 0.5) is 0 Å². The van der Waals surface area contributed by atoms with Gasteiger partial charge >= 0.3 is 0 Å². The quantitative estimate of drug-likeness (QED) is 0.531. The summed E-state index contributed by atoms with van der Waals surface area (Å²) in [6.07, 6.45) is 0. The maximum Gasteiger partial charge on any atom is 0.151 e. The van der Waals surface area contributed by atoms with E-state index in [2.05, 4.69) is 69.3 Å². The second-order valence-electron chi connectivity index (χ2n) is 8.55. The molecular formula is C25H24O3. The third kappa shape index (κ3) is 2.33. The van der Waals surface area contributed by atoms with Crippen LogP contribution >= 0.6 is 0 Å². The zero-order valence-corrected chi connectivity index (χ0v) is 16.7. The number of rotatable bonds is 1. The van der Waals surface area contributed by atoms with Crippen molar-refractivity contribution in [1.29, 1.82) is 0 Å². The number of fused-ring (bicyclic) bond motifs is 6. The highest BCUT2D eigenvalue weighted by molar-refractivity contribution is 5.65. The van der Waals surface area contributed by atoms with Gasteiger partial charge in [-0.15, -0.1) is 0 Å². The maximum atomic E-state index is 6.58. The van der Waals surface area contributed by atoms with Gasteiger partial charge < -0.3 is 14.2 Å². The molecule has 0 saturated carbocycles. The molecule has 1 atom stereocenters. The van der Waals surface area contributed by atoms with E-state index in [9.17, 15) is 0 Å². The SMILES string of the molecule is COc1ccc2c(c1)Oc1cc(C(C)(C)C)ccc1C21OCc2ccccc21. The Balaban J connectivity index is 1.81. The summed E-state index contributed by atoms with van der Waals surface area (Å²) >= 11 is 0. The van der Waals surface area contributed by atoms with E-state index < -0.39 is 5.60 Å². The molecule has 0 bridgehead atoms. The monoisotopic (exact) mass is 372 g/mol. The van der Waals surface area contributed by atoms with Gasteiger partial charge in [-0.05, 0) is 40.3 Å². The Morgan fingerprint density at radius 3 is 2.32 bits per heavy atom. The molecule has 0 aliphatic carbocycles. The van der Waals surface area contributed by atoms with E-state index in [-0.39, 0.29) is 5.41 Å². The van der Waals surface area contributed by atoms with Gasteiger partial charge in [-0.3, -0.25) is 0 Å². The van der Waals surface area contributed by atoms with Crippen LogP contribution in [0.2, 0.25) is 0 Å². The number of benzene rings is 3. The molecule has 0 amide bonds. The first-order valence-corrected chi connectivity index (χ1v) is 9.67. The molecule has 2 aliphatic heterocycles. The molecule has 0 N–H and O–H groups in total. The fraction of sp³-hybridized carbons (Fsp3) is 0.280. The normalized spacial score (nSPS) is 19.6. The first-order chi connectivity index (χ1) is 13.4. The topological polar surface area (TPSA) is 27.7 Å². The molecule has 3 heteroatoms. The van der Waals surface area contributed by atoms with Gasteiger partial charge in [-0.25, -0.2) is 0 Å². The minimum absolute atomic E-state index is 0.0364. The summed E-state index contributed by atoms with van der Waals surface area (Å²) in [5.41, 5.74) is 5.11. The molecule has 2 heterocycles. The zero-order valence-electron chi connectivity index (χ0n) is 16.7. The van der Waals surface area contributed by atoms with Crippen molar-refractivity contribution in [3.05, 3.63) is 88.5 Å². The highest BCUT2D eigenvalue weighted by Crippen LogP contribution is 2.56. The first-order valence-electron chi connectivity index (χ1n) is 9.67. The molecule has 1 spiro atoms. The summed E-state index contributed by atoms with van der Waals surface area (Å²) in [7, 11) is 1.67. The van der Waals surface area contributed by atoms with Crippen LogP contribution in [0.5, 0.6) is 17.2 Å². The minimum Gasteiger partial charge on any atom is -0.497 e. The maximum absolute atomic E-state index is 6.58. The molecule has 0 saturated heterocycles. The van der Waals surface area contributed by atoms with Gasteiger partial charge in [0.2, 0.25) is 0 Å². The summed E-state index contributed by atoms with van der Waals surface area (Å²) in [5.74, 6) is 2.41. The van der Waals surface area contributed by atoms with Gasteiger partial charge in [0.25, 0.3) is 0 Å². The van der Waals surface area contributed by atoms with E-state index in [1.165, 1.54) is 16.7 Å². The second-order valence-corrected chi connectivity index (χ2v) is 8.55. The zero-order chi connectivity index (χ0) is 19.5. The lowest BCUT2D eigenvalue weighted by molar-refractivity contribution is 0.0198. The molecule has 1 unspecified atom stereocenters. The van der Waals surface area contributed by atoms with Crippen molar-refractivity contribution in [2.75, 3.05) is 7.11 Å². The van der Waals surface area contributed by atoms with Gasteiger partial charge in [0.15, 0.2) is 5.60 Å². The van der Waals surface area contributed by atoms with E-state index in [1.807, 2.05) is 12.1 Å². The van der Waals surface area contributed by atoms with Crippen LogP contribution in [0.25, 0.3) is 0 Å². The van der Waals surface area contributed by atoms with Crippen LogP contribution in [0.15, 0.2) is 60.7 Å². The van der Waals surface area contributed by atoms with Crippen LogP contribution in [0.3, 0.4) is 0 Å². The molecule has 142 valence electrons. The Hall–Kier alpha value is -2.78. The molecule has 5 rings (SSSR count). The van der Waals surface area contributed by atoms with E-state index >= 15 is 0 Å². The Kier molecular flexibility index (Phi) is 3.62. The third-order valence-corrected chi connectivity index (χ3v) is 5.86. The molecule has 3 aromatic carbocycles. The first kappa shape index (κ1) is 17.3. The largest absolute Gasteiger partial charge is 0.497 e. The van der Waals surface area contributed by atoms with Crippen LogP contribution in [0, 0.1) is 0 Å². The predicted molar refractivity (Wildman–Crippen MR) is 109 cm³/mol. The Morgan fingerprint density at radius 2 is 1.57 bits per heavy atom. The van der Waals surface area contributed by atoms with Crippen molar-refractivity contribution in [2.24, 2.45) is 0 Å². The van der Waals surface area contributed by atoms with Crippen LogP contribution < -0.4 is 9.47 Å². The highest BCUT2D eigenvalue weighted by atomic mass is 16.5. The van der Waals surface area contributed by atoms with E-state index in [1.54, 1.807) is 7.11 Å². The summed E-state index contributed by atoms with van der Waals surface area (Å²) in [6, 6.07) is 21.0. The number of methoxy groups -OCH3 is 1. The standard InChI is InChI=1S/C25H24O3/c1-24(2,3)17-9-11-20-22(13-17)28-23-14-18(26-4)10-12-21(23)25(20)19-8-6-5-7-16(19)15-27-25/h5-14H,15H2,1-4H3. The lowest BCUT2D eigenvalue weighted by Gasteiger charge is -2.38. The fourth-order valence-corrected chi connectivity index (χ4v) is 4.33. The third-order valence-electron chi connectivity index (χ3n) is 5.86. The van der Waals surface area contributed by atoms with Crippen molar-refractivity contribution in [3.63, 3.8) is 0 Å². The van der Waals surface area contributed by atoms with Gasteiger partial charge in [0.05, 0.1) is 13.7 Å². The van der Waals surface area contributed by atoms with E-state index in [0.29, 0.717) is 6.61 Å². The average molecular weight is 372 g/mol. The number of ether oxygens (including phenoxy) is 3. The van der Waals surface area contributed by atoms with E-state index in [4.69, 9.17) is 14.2 Å². The predicted octanol–water partition coefficient (Wildman–Crippen LogP) is 5.92. The molecule has 0 radical (unpaired) electrons. The molecular weight excluding hydrogens is 348 g/mol. The summed E-state index contributed by atoms with van der Waals surface area (Å²) in [5, 5.41) is 0. The molecule has 0 aromatic heterocycles.